The molecule has 0 spiro atoms. The highest BCUT2D eigenvalue weighted by Gasteiger charge is 2.34. The Hall–Kier alpha value is -0.610. The molecule has 1 N–H and O–H groups in total. The Morgan fingerprint density at radius 1 is 1.00 bits per heavy atom. The summed E-state index contributed by atoms with van der Waals surface area (Å²) >= 11 is 0. The summed E-state index contributed by atoms with van der Waals surface area (Å²) in [5.74, 6) is 1.74. The van der Waals surface area contributed by atoms with Crippen LogP contribution in [-0.4, -0.2) is 60.5 Å². The van der Waals surface area contributed by atoms with Gasteiger partial charge in [-0.2, -0.15) is 0 Å². The summed E-state index contributed by atoms with van der Waals surface area (Å²) < 4.78 is 0. The van der Waals surface area contributed by atoms with Crippen LogP contribution >= 0.6 is 0 Å². The molecule has 3 fully saturated rings. The Kier molecular flexibility index (Phi) is 5.97. The lowest BCUT2D eigenvalue weighted by atomic mass is 9.96. The predicted octanol–water partition coefficient (Wildman–Crippen LogP) is 2.49. The van der Waals surface area contributed by atoms with Crippen molar-refractivity contribution < 1.29 is 4.79 Å². The molecule has 4 heteroatoms. The average Bonchev–Trinajstić information content (AvgIpc) is 3.38. The predicted molar refractivity (Wildman–Crippen MR) is 94.4 cm³/mol. The Balaban J connectivity index is 1.49. The van der Waals surface area contributed by atoms with Gasteiger partial charge in [-0.3, -0.25) is 9.69 Å². The van der Waals surface area contributed by atoms with E-state index in [0.717, 1.165) is 44.9 Å². The number of hydrogen-bond acceptors (Lipinski definition) is 3. The van der Waals surface area contributed by atoms with Crippen molar-refractivity contribution in [1.82, 2.24) is 15.1 Å². The van der Waals surface area contributed by atoms with Crippen molar-refractivity contribution in [3.8, 4) is 0 Å². The van der Waals surface area contributed by atoms with Crippen LogP contribution in [0.3, 0.4) is 0 Å². The maximum absolute atomic E-state index is 13.1. The molecule has 1 atom stereocenters. The molecule has 0 aromatic carbocycles. The van der Waals surface area contributed by atoms with Crippen molar-refractivity contribution >= 4 is 5.91 Å². The minimum atomic E-state index is 0.103. The Labute approximate surface area is 142 Å². The van der Waals surface area contributed by atoms with Gasteiger partial charge in [0.25, 0.3) is 0 Å². The van der Waals surface area contributed by atoms with E-state index in [2.05, 4.69) is 29.0 Å². The van der Waals surface area contributed by atoms with E-state index in [9.17, 15) is 4.79 Å². The zero-order valence-corrected chi connectivity index (χ0v) is 15.1. The van der Waals surface area contributed by atoms with Gasteiger partial charge in [0.2, 0.25) is 5.91 Å². The van der Waals surface area contributed by atoms with Crippen LogP contribution in [-0.2, 0) is 4.79 Å². The molecule has 1 amide bonds. The topological polar surface area (TPSA) is 35.6 Å². The molecule has 1 unspecified atom stereocenters. The number of carbonyl (C=O) groups excluding carboxylic acids is 1. The van der Waals surface area contributed by atoms with Gasteiger partial charge in [0.15, 0.2) is 0 Å². The first-order valence-corrected chi connectivity index (χ1v) is 9.91. The number of hydrogen-bond donors (Lipinski definition) is 1. The molecular formula is C19H35N3O. The fraction of sp³-hybridized carbons (Fsp3) is 0.947. The highest BCUT2D eigenvalue weighted by Crippen LogP contribution is 2.28. The summed E-state index contributed by atoms with van der Waals surface area (Å²) in [6.07, 6.45) is 8.92. The zero-order valence-electron chi connectivity index (χ0n) is 15.1. The molecule has 3 aliphatic rings. The molecule has 23 heavy (non-hydrogen) atoms. The van der Waals surface area contributed by atoms with E-state index in [4.69, 9.17) is 0 Å². The lowest BCUT2D eigenvalue weighted by molar-refractivity contribution is -0.140. The smallest absolute Gasteiger partial charge is 0.240 e. The van der Waals surface area contributed by atoms with Crippen LogP contribution in [0.15, 0.2) is 0 Å². The normalized spacial score (nSPS) is 25.8. The van der Waals surface area contributed by atoms with Crippen molar-refractivity contribution in [3.63, 3.8) is 0 Å². The number of rotatable bonds is 6. The number of amides is 1. The molecular weight excluding hydrogens is 286 g/mol. The fourth-order valence-corrected chi connectivity index (χ4v) is 4.21. The summed E-state index contributed by atoms with van der Waals surface area (Å²) in [5, 5.41) is 3.71. The molecule has 2 aliphatic heterocycles. The van der Waals surface area contributed by atoms with Gasteiger partial charge >= 0.3 is 0 Å². The maximum atomic E-state index is 13.1. The number of nitrogens with zero attached hydrogens (tertiary/aromatic N) is 2. The molecule has 2 saturated heterocycles. The number of nitrogens with one attached hydrogen (secondary N) is 1. The maximum Gasteiger partial charge on any atom is 0.240 e. The SMILES string of the molecule is CC(C)C(C(=O)N1CCC(NCC2CC2)CC1)N1CCCCC1. The summed E-state index contributed by atoms with van der Waals surface area (Å²) in [4.78, 5) is 17.7. The van der Waals surface area contributed by atoms with Gasteiger partial charge in [-0.15, -0.1) is 0 Å². The highest BCUT2D eigenvalue weighted by molar-refractivity contribution is 5.82. The quantitative estimate of drug-likeness (QED) is 0.816. The van der Waals surface area contributed by atoms with E-state index in [1.165, 1.54) is 38.6 Å². The molecule has 1 saturated carbocycles. The summed E-state index contributed by atoms with van der Waals surface area (Å²) in [7, 11) is 0. The number of piperidine rings is 2. The van der Waals surface area contributed by atoms with Gasteiger partial charge in [-0.05, 0) is 70.0 Å². The highest BCUT2D eigenvalue weighted by atomic mass is 16.2. The molecule has 0 radical (unpaired) electrons. The molecule has 132 valence electrons. The summed E-state index contributed by atoms with van der Waals surface area (Å²) in [5.41, 5.74) is 0. The van der Waals surface area contributed by atoms with Crippen LogP contribution in [0.4, 0.5) is 0 Å². The van der Waals surface area contributed by atoms with Crippen molar-refractivity contribution in [1.29, 1.82) is 0 Å². The third kappa shape index (κ3) is 4.69. The Morgan fingerprint density at radius 3 is 2.22 bits per heavy atom. The monoisotopic (exact) mass is 321 g/mol. The van der Waals surface area contributed by atoms with E-state index in [0.29, 0.717) is 17.9 Å². The van der Waals surface area contributed by atoms with Crippen molar-refractivity contribution in [2.45, 2.75) is 70.9 Å². The molecule has 4 nitrogen and oxygen atoms in total. The van der Waals surface area contributed by atoms with E-state index < -0.39 is 0 Å². The largest absolute Gasteiger partial charge is 0.341 e. The lowest BCUT2D eigenvalue weighted by Crippen LogP contribution is -2.55. The van der Waals surface area contributed by atoms with Gasteiger partial charge in [-0.25, -0.2) is 0 Å². The molecule has 0 aromatic rings. The number of likely N-dealkylation sites (tertiary alicyclic amines) is 2. The second kappa shape index (κ2) is 7.98. The fourth-order valence-electron chi connectivity index (χ4n) is 4.21. The van der Waals surface area contributed by atoms with Gasteiger partial charge < -0.3 is 10.2 Å². The minimum Gasteiger partial charge on any atom is -0.341 e. The Morgan fingerprint density at radius 2 is 1.65 bits per heavy atom. The second-order valence-electron chi connectivity index (χ2n) is 8.24. The van der Waals surface area contributed by atoms with Gasteiger partial charge in [-0.1, -0.05) is 20.3 Å². The molecule has 3 rings (SSSR count). The Bertz CT molecular complexity index is 380. The van der Waals surface area contributed by atoms with Crippen LogP contribution < -0.4 is 5.32 Å². The zero-order chi connectivity index (χ0) is 16.2. The van der Waals surface area contributed by atoms with E-state index in [1.54, 1.807) is 0 Å². The van der Waals surface area contributed by atoms with Crippen molar-refractivity contribution in [2.24, 2.45) is 11.8 Å². The van der Waals surface area contributed by atoms with Crippen LogP contribution in [0.2, 0.25) is 0 Å². The molecule has 2 heterocycles. The first-order valence-electron chi connectivity index (χ1n) is 9.91. The van der Waals surface area contributed by atoms with E-state index in [1.807, 2.05) is 0 Å². The second-order valence-corrected chi connectivity index (χ2v) is 8.24. The van der Waals surface area contributed by atoms with E-state index in [-0.39, 0.29) is 6.04 Å². The summed E-state index contributed by atoms with van der Waals surface area (Å²) in [6, 6.07) is 0.735. The molecule has 0 aromatic heterocycles. The van der Waals surface area contributed by atoms with Crippen LogP contribution in [0.5, 0.6) is 0 Å². The number of carbonyl (C=O) groups is 1. The molecule has 1 aliphatic carbocycles. The third-order valence-corrected chi connectivity index (χ3v) is 5.87. The first-order chi connectivity index (χ1) is 11.1. The van der Waals surface area contributed by atoms with Gasteiger partial charge in [0.05, 0.1) is 6.04 Å². The average molecular weight is 322 g/mol. The van der Waals surface area contributed by atoms with Gasteiger partial charge in [0.1, 0.15) is 0 Å². The minimum absolute atomic E-state index is 0.103. The molecule has 0 bridgehead atoms. The first kappa shape index (κ1) is 17.2. The van der Waals surface area contributed by atoms with Crippen molar-refractivity contribution in [2.75, 3.05) is 32.7 Å². The van der Waals surface area contributed by atoms with E-state index >= 15 is 0 Å². The van der Waals surface area contributed by atoms with Crippen molar-refractivity contribution in [3.05, 3.63) is 0 Å². The standard InChI is InChI=1S/C19H35N3O/c1-15(2)18(21-10-4-3-5-11-21)19(23)22-12-8-17(9-13-22)20-14-16-6-7-16/h15-18,20H,3-14H2,1-2H3. The van der Waals surface area contributed by atoms with Crippen LogP contribution in [0.25, 0.3) is 0 Å². The van der Waals surface area contributed by atoms with Crippen LogP contribution in [0.1, 0.15) is 58.8 Å². The summed E-state index contributed by atoms with van der Waals surface area (Å²) in [6.45, 7) is 9.71. The third-order valence-electron chi connectivity index (χ3n) is 5.87. The van der Waals surface area contributed by atoms with Crippen LogP contribution in [0, 0.1) is 11.8 Å². The lowest BCUT2D eigenvalue weighted by Gasteiger charge is -2.41. The van der Waals surface area contributed by atoms with Gasteiger partial charge in [0, 0.05) is 19.1 Å².